The van der Waals surface area contributed by atoms with Crippen LogP contribution in [0, 0.1) is 11.8 Å². The smallest absolute Gasteiger partial charge is 0.320 e. The van der Waals surface area contributed by atoms with Crippen LogP contribution in [0.2, 0.25) is 0 Å². The van der Waals surface area contributed by atoms with Crippen LogP contribution in [0.1, 0.15) is 25.7 Å². The zero-order valence-electron chi connectivity index (χ0n) is 16.4. The largest absolute Gasteiger partial charge is 0.490 e. The summed E-state index contributed by atoms with van der Waals surface area (Å²) in [5, 5.41) is 27.0. The van der Waals surface area contributed by atoms with Crippen molar-refractivity contribution in [1.82, 2.24) is 30.5 Å². The average Bonchev–Trinajstić information content (AvgIpc) is 3.47. The summed E-state index contributed by atoms with van der Waals surface area (Å²) in [5.41, 5.74) is 1.78. The van der Waals surface area contributed by atoms with Crippen molar-refractivity contribution < 1.29 is 14.6 Å². The van der Waals surface area contributed by atoms with E-state index in [0.29, 0.717) is 24.1 Å². The second kappa shape index (κ2) is 7.91. The SMILES string of the molecule is O=C(O)[C@@H]1C[C@H]2C[C@@H](Oc3cc(-n4cccc4)ccc3-c3nn[nH]n3)CC[C@H]2CN1. The van der Waals surface area contributed by atoms with E-state index in [2.05, 4.69) is 25.9 Å². The summed E-state index contributed by atoms with van der Waals surface area (Å²) in [6, 6.07) is 9.44. The molecule has 2 fully saturated rings. The Morgan fingerprint density at radius 3 is 2.80 bits per heavy atom. The summed E-state index contributed by atoms with van der Waals surface area (Å²) in [4.78, 5) is 11.4. The number of hydrogen-bond donors (Lipinski definition) is 3. The van der Waals surface area contributed by atoms with Crippen LogP contribution in [0.5, 0.6) is 5.75 Å². The number of nitrogens with one attached hydrogen (secondary N) is 2. The van der Waals surface area contributed by atoms with Crippen molar-refractivity contribution in [2.24, 2.45) is 11.8 Å². The van der Waals surface area contributed by atoms with Gasteiger partial charge in [-0.05, 0) is 73.5 Å². The third-order valence-corrected chi connectivity index (χ3v) is 6.30. The van der Waals surface area contributed by atoms with Crippen LogP contribution in [0.3, 0.4) is 0 Å². The number of carboxylic acids is 1. The summed E-state index contributed by atoms with van der Waals surface area (Å²) in [6.07, 6.45) is 7.49. The van der Waals surface area contributed by atoms with Crippen LogP contribution in [-0.2, 0) is 4.79 Å². The first-order valence-electron chi connectivity index (χ1n) is 10.3. The number of aromatic nitrogens is 5. The summed E-state index contributed by atoms with van der Waals surface area (Å²) < 4.78 is 8.51. The Morgan fingerprint density at radius 1 is 1.17 bits per heavy atom. The molecule has 2 aliphatic rings. The Labute approximate surface area is 173 Å². The van der Waals surface area contributed by atoms with E-state index >= 15 is 0 Å². The molecule has 1 aliphatic carbocycles. The number of nitrogens with zero attached hydrogens (tertiary/aromatic N) is 4. The maximum Gasteiger partial charge on any atom is 0.320 e. The van der Waals surface area contributed by atoms with Crippen LogP contribution in [0.15, 0.2) is 42.7 Å². The summed E-state index contributed by atoms with van der Waals surface area (Å²) in [6.45, 7) is 0.769. The molecule has 1 saturated heterocycles. The molecule has 0 unspecified atom stereocenters. The van der Waals surface area contributed by atoms with Crippen LogP contribution < -0.4 is 10.1 Å². The highest BCUT2D eigenvalue weighted by molar-refractivity contribution is 5.73. The molecule has 3 N–H and O–H groups in total. The zero-order valence-corrected chi connectivity index (χ0v) is 16.4. The van der Waals surface area contributed by atoms with Crippen LogP contribution in [-0.4, -0.2) is 55.0 Å². The molecular weight excluding hydrogens is 384 g/mol. The highest BCUT2D eigenvalue weighted by atomic mass is 16.5. The number of piperidine rings is 1. The van der Waals surface area contributed by atoms with Crippen LogP contribution in [0.25, 0.3) is 17.1 Å². The normalized spacial score (nSPS) is 26.1. The molecule has 3 aromatic rings. The topological polar surface area (TPSA) is 118 Å². The molecule has 0 bridgehead atoms. The predicted molar refractivity (Wildman–Crippen MR) is 108 cm³/mol. The summed E-state index contributed by atoms with van der Waals surface area (Å²) >= 11 is 0. The van der Waals surface area contributed by atoms with Gasteiger partial charge < -0.3 is 19.7 Å². The molecule has 9 nitrogen and oxygen atoms in total. The van der Waals surface area contributed by atoms with E-state index < -0.39 is 12.0 Å². The Bertz CT molecular complexity index is 1000. The molecule has 0 spiro atoms. The number of H-pyrrole nitrogens is 1. The van der Waals surface area contributed by atoms with Gasteiger partial charge in [0.05, 0.1) is 11.7 Å². The van der Waals surface area contributed by atoms with E-state index in [1.165, 1.54) is 0 Å². The number of tetrazole rings is 1. The standard InChI is InChI=1S/C21H24N6O3/c28-21(29)18-10-14-9-16(5-3-13(14)12-22-18)30-19-11-15(27-7-1-2-8-27)4-6-17(19)20-23-25-26-24-20/h1-2,4,6-8,11,13-14,16,18,22H,3,5,9-10,12H2,(H,28,29)(H,23,24,25,26)/t13-,14+,16-,18-/m0/s1. The Balaban J connectivity index is 1.39. The van der Waals surface area contributed by atoms with Crippen molar-refractivity contribution in [3.63, 3.8) is 0 Å². The maximum absolute atomic E-state index is 11.4. The van der Waals surface area contributed by atoms with Crippen molar-refractivity contribution in [3.8, 4) is 22.8 Å². The van der Waals surface area contributed by atoms with Gasteiger partial charge in [-0.25, -0.2) is 0 Å². The third kappa shape index (κ3) is 3.68. The van der Waals surface area contributed by atoms with Gasteiger partial charge in [-0.15, -0.1) is 10.2 Å². The quantitative estimate of drug-likeness (QED) is 0.593. The summed E-state index contributed by atoms with van der Waals surface area (Å²) in [7, 11) is 0. The lowest BCUT2D eigenvalue weighted by Crippen LogP contribution is -2.50. The molecule has 1 saturated carbocycles. The van der Waals surface area contributed by atoms with Crippen molar-refractivity contribution in [3.05, 3.63) is 42.7 Å². The lowest BCUT2D eigenvalue weighted by Gasteiger charge is -2.41. The van der Waals surface area contributed by atoms with Gasteiger partial charge in [0.1, 0.15) is 11.8 Å². The van der Waals surface area contributed by atoms with Crippen molar-refractivity contribution in [1.29, 1.82) is 0 Å². The second-order valence-corrected chi connectivity index (χ2v) is 8.11. The molecule has 4 atom stereocenters. The van der Waals surface area contributed by atoms with E-state index in [1.54, 1.807) is 0 Å². The van der Waals surface area contributed by atoms with Crippen molar-refractivity contribution >= 4 is 5.97 Å². The van der Waals surface area contributed by atoms with Gasteiger partial charge in [0, 0.05) is 24.1 Å². The molecule has 1 aliphatic heterocycles. The first-order valence-corrected chi connectivity index (χ1v) is 10.3. The van der Waals surface area contributed by atoms with Gasteiger partial charge in [-0.2, -0.15) is 5.21 Å². The molecule has 5 rings (SSSR count). The summed E-state index contributed by atoms with van der Waals surface area (Å²) in [5.74, 6) is 1.31. The fourth-order valence-electron chi connectivity index (χ4n) is 4.73. The maximum atomic E-state index is 11.4. The lowest BCUT2D eigenvalue weighted by molar-refractivity contribution is -0.141. The highest BCUT2D eigenvalue weighted by Gasteiger charge is 2.38. The molecule has 30 heavy (non-hydrogen) atoms. The fourth-order valence-corrected chi connectivity index (χ4v) is 4.73. The molecular formula is C21H24N6O3. The Morgan fingerprint density at radius 2 is 2.03 bits per heavy atom. The number of rotatable bonds is 5. The minimum Gasteiger partial charge on any atom is -0.490 e. The van der Waals surface area contributed by atoms with Crippen molar-refractivity contribution in [2.45, 2.75) is 37.8 Å². The van der Waals surface area contributed by atoms with E-state index in [4.69, 9.17) is 4.74 Å². The molecule has 9 heteroatoms. The predicted octanol–water partition coefficient (Wildman–Crippen LogP) is 2.27. The number of aromatic amines is 1. The molecule has 0 amide bonds. The number of aliphatic carboxylic acids is 1. The van der Waals surface area contributed by atoms with Gasteiger partial charge in [0.15, 0.2) is 0 Å². The van der Waals surface area contributed by atoms with Crippen LogP contribution >= 0.6 is 0 Å². The van der Waals surface area contributed by atoms with Crippen LogP contribution in [0.4, 0.5) is 0 Å². The zero-order chi connectivity index (χ0) is 20.5. The minimum absolute atomic E-state index is 0.0318. The van der Waals surface area contributed by atoms with E-state index in [1.807, 2.05) is 47.3 Å². The molecule has 0 radical (unpaired) electrons. The molecule has 2 aromatic heterocycles. The number of carboxylic acid groups (broad SMARTS) is 1. The number of carbonyl (C=O) groups is 1. The van der Waals surface area contributed by atoms with Gasteiger partial charge in [0.2, 0.25) is 5.82 Å². The van der Waals surface area contributed by atoms with E-state index in [9.17, 15) is 9.90 Å². The lowest BCUT2D eigenvalue weighted by atomic mass is 9.72. The highest BCUT2D eigenvalue weighted by Crippen LogP contribution is 2.39. The second-order valence-electron chi connectivity index (χ2n) is 8.11. The monoisotopic (exact) mass is 408 g/mol. The number of benzene rings is 1. The third-order valence-electron chi connectivity index (χ3n) is 6.30. The van der Waals surface area contributed by atoms with Crippen molar-refractivity contribution in [2.75, 3.05) is 6.54 Å². The molecule has 3 heterocycles. The fraction of sp³-hybridized carbons (Fsp3) is 0.429. The number of hydrogen-bond acceptors (Lipinski definition) is 6. The Hall–Kier alpha value is -3.20. The molecule has 1 aromatic carbocycles. The average molecular weight is 408 g/mol. The van der Waals surface area contributed by atoms with Gasteiger partial charge in [-0.3, -0.25) is 4.79 Å². The van der Waals surface area contributed by atoms with Gasteiger partial charge in [-0.1, -0.05) is 0 Å². The first kappa shape index (κ1) is 18.8. The van der Waals surface area contributed by atoms with Gasteiger partial charge >= 0.3 is 5.97 Å². The number of ether oxygens (including phenoxy) is 1. The first-order chi connectivity index (χ1) is 14.7. The van der Waals surface area contributed by atoms with Gasteiger partial charge in [0.25, 0.3) is 0 Å². The minimum atomic E-state index is -0.768. The Kier molecular flexibility index (Phi) is 4.96. The van der Waals surface area contributed by atoms with E-state index in [0.717, 1.165) is 42.8 Å². The number of fused-ring (bicyclic) bond motifs is 1. The van der Waals surface area contributed by atoms with E-state index in [-0.39, 0.29) is 6.10 Å². The molecule has 156 valence electrons.